The van der Waals surface area contributed by atoms with E-state index in [9.17, 15) is 9.90 Å². The van der Waals surface area contributed by atoms with Gasteiger partial charge in [0.2, 0.25) is 0 Å². The van der Waals surface area contributed by atoms with Crippen LogP contribution in [0.1, 0.15) is 39.8 Å². The van der Waals surface area contributed by atoms with Gasteiger partial charge in [-0.2, -0.15) is 0 Å². The predicted molar refractivity (Wildman–Crippen MR) is 168 cm³/mol. The van der Waals surface area contributed by atoms with Crippen LogP contribution in [0.25, 0.3) is 11.0 Å². The van der Waals surface area contributed by atoms with Crippen molar-refractivity contribution in [1.29, 1.82) is 0 Å². The van der Waals surface area contributed by atoms with Crippen molar-refractivity contribution in [2.24, 2.45) is 5.73 Å². The molecule has 0 aliphatic rings. The Bertz CT molecular complexity index is 1680. The molecule has 0 radical (unpaired) electrons. The number of fused-ring (bicyclic) bond motifs is 1. The second-order valence-corrected chi connectivity index (χ2v) is 11.0. The molecule has 1 atom stereocenters. The van der Waals surface area contributed by atoms with E-state index in [1.54, 1.807) is 6.26 Å². The number of furan rings is 1. The lowest BCUT2D eigenvalue weighted by Crippen LogP contribution is -2.35. The normalized spacial score (nSPS) is 12.0. The van der Waals surface area contributed by atoms with Crippen molar-refractivity contribution in [3.05, 3.63) is 131 Å². The highest BCUT2D eigenvalue weighted by atomic mass is 16.5. The van der Waals surface area contributed by atoms with E-state index in [2.05, 4.69) is 55.1 Å². The number of hydrogen-bond acceptors (Lipinski definition) is 6. The molecule has 5 rings (SSSR count). The molecular weight excluding hydrogens is 540 g/mol. The Morgan fingerprint density at radius 3 is 2.21 bits per heavy atom. The Morgan fingerprint density at radius 1 is 0.837 bits per heavy atom. The lowest BCUT2D eigenvalue weighted by atomic mass is 10.1. The van der Waals surface area contributed by atoms with Crippen LogP contribution >= 0.6 is 0 Å². The molecule has 0 aliphatic heterocycles. The van der Waals surface area contributed by atoms with Gasteiger partial charge < -0.3 is 24.7 Å². The van der Waals surface area contributed by atoms with Gasteiger partial charge in [0.25, 0.3) is 0 Å². The van der Waals surface area contributed by atoms with Crippen LogP contribution in [0.3, 0.4) is 0 Å². The van der Waals surface area contributed by atoms with Crippen LogP contribution in [0.4, 0.5) is 0 Å². The minimum atomic E-state index is -1.01. The number of nitrogens with two attached hydrogens (primary N) is 1. The van der Waals surface area contributed by atoms with Gasteiger partial charge in [0.1, 0.15) is 36.3 Å². The number of aryl methyl sites for hydroxylation is 2. The highest BCUT2D eigenvalue weighted by molar-refractivity contribution is 5.85. The molecule has 1 aromatic heterocycles. The molecule has 0 unspecified atom stereocenters. The van der Waals surface area contributed by atoms with Gasteiger partial charge in [0.15, 0.2) is 0 Å². The van der Waals surface area contributed by atoms with E-state index in [-0.39, 0.29) is 0 Å². The standard InChI is InChI=1S/C36H38N2O5/c1-25-7-5-9-27(19-25)23-42-33-12-4-3-11-29(33)21-38(17-15-32(37)36(39)40)22-30-13-14-34-31(16-18-41-34)35(30)43-24-28-10-6-8-26(2)20-28/h3-14,16,18-20,32H,15,17,21-24,37H2,1-2H3,(H,39,40)/t32-/m0/s1. The summed E-state index contributed by atoms with van der Waals surface area (Å²) in [6.07, 6.45) is 1.97. The van der Waals surface area contributed by atoms with Crippen LogP contribution in [0.5, 0.6) is 11.5 Å². The molecule has 222 valence electrons. The summed E-state index contributed by atoms with van der Waals surface area (Å²) in [6.45, 7) is 6.53. The molecule has 0 saturated carbocycles. The van der Waals surface area contributed by atoms with Crippen LogP contribution < -0.4 is 15.2 Å². The second-order valence-electron chi connectivity index (χ2n) is 11.0. The Kier molecular flexibility index (Phi) is 9.77. The van der Waals surface area contributed by atoms with E-state index < -0.39 is 12.0 Å². The maximum absolute atomic E-state index is 11.5. The summed E-state index contributed by atoms with van der Waals surface area (Å²) in [7, 11) is 0. The van der Waals surface area contributed by atoms with Gasteiger partial charge in [-0.3, -0.25) is 9.69 Å². The fraction of sp³-hybridized carbons (Fsp3) is 0.250. The zero-order valence-electron chi connectivity index (χ0n) is 24.7. The minimum absolute atomic E-state index is 0.301. The van der Waals surface area contributed by atoms with Crippen LogP contribution in [0.15, 0.2) is 102 Å². The van der Waals surface area contributed by atoms with Gasteiger partial charge in [-0.15, -0.1) is 0 Å². The number of carboxylic acids is 1. The molecule has 0 amide bonds. The van der Waals surface area contributed by atoms with E-state index in [1.807, 2.05) is 54.6 Å². The Labute approximate surface area is 252 Å². The van der Waals surface area contributed by atoms with Crippen molar-refractivity contribution >= 4 is 16.9 Å². The average molecular weight is 579 g/mol. The van der Waals surface area contributed by atoms with E-state index in [0.29, 0.717) is 39.3 Å². The molecule has 0 aliphatic carbocycles. The third-order valence-corrected chi connectivity index (χ3v) is 7.44. The largest absolute Gasteiger partial charge is 0.489 e. The highest BCUT2D eigenvalue weighted by Crippen LogP contribution is 2.33. The zero-order valence-corrected chi connectivity index (χ0v) is 24.7. The number of ether oxygens (including phenoxy) is 2. The van der Waals surface area contributed by atoms with E-state index in [0.717, 1.165) is 44.7 Å². The van der Waals surface area contributed by atoms with E-state index >= 15 is 0 Å². The number of nitrogens with zero attached hydrogens (tertiary/aromatic N) is 1. The van der Waals surface area contributed by atoms with Crippen LogP contribution in [0.2, 0.25) is 0 Å². The number of hydrogen-bond donors (Lipinski definition) is 2. The molecule has 0 spiro atoms. The summed E-state index contributed by atoms with van der Waals surface area (Å²) in [6, 6.07) is 29.4. The molecule has 7 nitrogen and oxygen atoms in total. The SMILES string of the molecule is Cc1cccc(COc2ccccc2CN(CC[C@H](N)C(=O)O)Cc2ccc3occc3c2OCc2cccc(C)c2)c1. The first kappa shape index (κ1) is 29.9. The van der Waals surface area contributed by atoms with Crippen molar-refractivity contribution in [1.82, 2.24) is 4.90 Å². The third kappa shape index (κ3) is 8.03. The first-order valence-corrected chi connectivity index (χ1v) is 14.5. The van der Waals surface area contributed by atoms with Crippen LogP contribution in [-0.4, -0.2) is 28.6 Å². The zero-order chi connectivity index (χ0) is 30.2. The fourth-order valence-corrected chi connectivity index (χ4v) is 5.19. The van der Waals surface area contributed by atoms with Crippen molar-refractivity contribution in [3.63, 3.8) is 0 Å². The summed E-state index contributed by atoms with van der Waals surface area (Å²) in [5.74, 6) is 0.533. The van der Waals surface area contributed by atoms with E-state index in [4.69, 9.17) is 19.6 Å². The fourth-order valence-electron chi connectivity index (χ4n) is 5.19. The summed E-state index contributed by atoms with van der Waals surface area (Å²) in [5.41, 5.74) is 13.2. The minimum Gasteiger partial charge on any atom is -0.489 e. The average Bonchev–Trinajstić information content (AvgIpc) is 3.48. The summed E-state index contributed by atoms with van der Waals surface area (Å²) >= 11 is 0. The van der Waals surface area contributed by atoms with Gasteiger partial charge in [0.05, 0.1) is 11.6 Å². The van der Waals surface area contributed by atoms with Crippen molar-refractivity contribution in [2.45, 2.75) is 52.6 Å². The molecule has 0 fully saturated rings. The quantitative estimate of drug-likeness (QED) is 0.146. The molecule has 1 heterocycles. The molecule has 43 heavy (non-hydrogen) atoms. The molecule has 4 aromatic carbocycles. The van der Waals surface area contributed by atoms with E-state index in [1.165, 1.54) is 11.1 Å². The van der Waals surface area contributed by atoms with Gasteiger partial charge in [0, 0.05) is 30.8 Å². The number of benzene rings is 4. The smallest absolute Gasteiger partial charge is 0.320 e. The Morgan fingerprint density at radius 2 is 1.51 bits per heavy atom. The molecule has 0 saturated heterocycles. The lowest BCUT2D eigenvalue weighted by molar-refractivity contribution is -0.138. The number of para-hydroxylation sites is 1. The molecule has 3 N–H and O–H groups in total. The number of rotatable bonds is 14. The number of carbonyl (C=O) groups is 1. The highest BCUT2D eigenvalue weighted by Gasteiger charge is 2.19. The first-order chi connectivity index (χ1) is 20.9. The predicted octanol–water partition coefficient (Wildman–Crippen LogP) is 7.01. The first-order valence-electron chi connectivity index (χ1n) is 14.5. The molecular formula is C36H38N2O5. The summed E-state index contributed by atoms with van der Waals surface area (Å²) in [4.78, 5) is 13.7. The van der Waals surface area contributed by atoms with Crippen LogP contribution in [0, 0.1) is 13.8 Å². The Hall–Kier alpha value is -4.59. The maximum atomic E-state index is 11.5. The van der Waals surface area contributed by atoms with Gasteiger partial charge in [-0.1, -0.05) is 83.9 Å². The van der Waals surface area contributed by atoms with Gasteiger partial charge >= 0.3 is 5.97 Å². The number of carboxylic acid groups (broad SMARTS) is 1. The molecule has 0 bridgehead atoms. The molecule has 7 heteroatoms. The monoisotopic (exact) mass is 578 g/mol. The Balaban J connectivity index is 1.40. The van der Waals surface area contributed by atoms with Crippen LogP contribution in [-0.2, 0) is 31.1 Å². The van der Waals surface area contributed by atoms with Crippen molar-refractivity contribution in [2.75, 3.05) is 6.54 Å². The lowest BCUT2D eigenvalue weighted by Gasteiger charge is -2.26. The number of aliphatic carboxylic acids is 1. The third-order valence-electron chi connectivity index (χ3n) is 7.44. The van der Waals surface area contributed by atoms with Gasteiger partial charge in [-0.25, -0.2) is 0 Å². The second kappa shape index (κ2) is 14.1. The van der Waals surface area contributed by atoms with Crippen molar-refractivity contribution < 1.29 is 23.8 Å². The molecule has 5 aromatic rings. The van der Waals surface area contributed by atoms with Gasteiger partial charge in [-0.05, 0) is 49.6 Å². The van der Waals surface area contributed by atoms with Crippen molar-refractivity contribution in [3.8, 4) is 11.5 Å². The maximum Gasteiger partial charge on any atom is 0.320 e. The topological polar surface area (TPSA) is 98.2 Å². The summed E-state index contributed by atoms with van der Waals surface area (Å²) < 4.78 is 18.4. The summed E-state index contributed by atoms with van der Waals surface area (Å²) in [5, 5.41) is 10.4.